The van der Waals surface area contributed by atoms with Gasteiger partial charge in [0, 0.05) is 56.8 Å². The predicted molar refractivity (Wildman–Crippen MR) is 101 cm³/mol. The van der Waals surface area contributed by atoms with Crippen LogP contribution in [0.3, 0.4) is 0 Å². The summed E-state index contributed by atoms with van der Waals surface area (Å²) in [5.41, 5.74) is 2.06. The second-order valence-corrected chi connectivity index (χ2v) is 6.55. The van der Waals surface area contributed by atoms with Gasteiger partial charge in [-0.05, 0) is 37.5 Å². The van der Waals surface area contributed by atoms with E-state index in [9.17, 15) is 4.79 Å². The van der Waals surface area contributed by atoms with Crippen molar-refractivity contribution in [2.75, 3.05) is 25.1 Å². The highest BCUT2D eigenvalue weighted by Gasteiger charge is 2.22. The first-order chi connectivity index (χ1) is 12.7. The zero-order chi connectivity index (χ0) is 18.2. The number of anilines is 1. The molecule has 0 aromatic carbocycles. The van der Waals surface area contributed by atoms with E-state index in [2.05, 4.69) is 20.2 Å². The van der Waals surface area contributed by atoms with Crippen LogP contribution in [-0.2, 0) is 22.5 Å². The van der Waals surface area contributed by atoms with Gasteiger partial charge < -0.3 is 15.0 Å². The Hall–Kier alpha value is -2.47. The zero-order valence-corrected chi connectivity index (χ0v) is 15.2. The summed E-state index contributed by atoms with van der Waals surface area (Å²) in [4.78, 5) is 23.3. The van der Waals surface area contributed by atoms with E-state index in [0.29, 0.717) is 13.2 Å². The van der Waals surface area contributed by atoms with Crippen molar-refractivity contribution in [3.05, 3.63) is 54.0 Å². The number of hydrogen-bond donors (Lipinski definition) is 1. The van der Waals surface area contributed by atoms with E-state index in [1.807, 2.05) is 43.6 Å². The molecule has 1 saturated heterocycles. The molecule has 1 fully saturated rings. The number of aromatic nitrogens is 2. The van der Waals surface area contributed by atoms with Gasteiger partial charge in [-0.1, -0.05) is 12.1 Å². The number of ether oxygens (including phenoxy) is 1. The average Bonchev–Trinajstić information content (AvgIpc) is 2.72. The van der Waals surface area contributed by atoms with Gasteiger partial charge in [-0.15, -0.1) is 0 Å². The highest BCUT2D eigenvalue weighted by molar-refractivity contribution is 5.80. The molecule has 26 heavy (non-hydrogen) atoms. The third-order valence-corrected chi connectivity index (χ3v) is 4.58. The Bertz CT molecular complexity index is 702. The first-order valence-electron chi connectivity index (χ1n) is 9.18. The van der Waals surface area contributed by atoms with E-state index >= 15 is 0 Å². The number of nitrogens with zero attached hydrogens (tertiary/aromatic N) is 3. The minimum atomic E-state index is -0.314. The summed E-state index contributed by atoms with van der Waals surface area (Å²) >= 11 is 0. The van der Waals surface area contributed by atoms with Crippen LogP contribution in [0.25, 0.3) is 0 Å². The molecular formula is C20H26N4O2. The van der Waals surface area contributed by atoms with Crippen LogP contribution in [0.15, 0.2) is 42.7 Å². The van der Waals surface area contributed by atoms with Gasteiger partial charge in [0.2, 0.25) is 5.91 Å². The zero-order valence-electron chi connectivity index (χ0n) is 15.2. The van der Waals surface area contributed by atoms with Crippen LogP contribution < -0.4 is 10.2 Å². The molecule has 1 atom stereocenters. The lowest BCUT2D eigenvalue weighted by atomic mass is 10.1. The minimum Gasteiger partial charge on any atom is -0.368 e. The van der Waals surface area contributed by atoms with Crippen molar-refractivity contribution in [3.8, 4) is 0 Å². The van der Waals surface area contributed by atoms with Crippen LogP contribution in [0.4, 0.5) is 5.82 Å². The highest BCUT2D eigenvalue weighted by Crippen LogP contribution is 2.17. The Morgan fingerprint density at radius 1 is 1.23 bits per heavy atom. The summed E-state index contributed by atoms with van der Waals surface area (Å²) in [6.45, 7) is 1.93. The number of nitrogens with one attached hydrogen (secondary N) is 1. The van der Waals surface area contributed by atoms with Gasteiger partial charge >= 0.3 is 0 Å². The molecular weight excluding hydrogens is 328 g/mol. The summed E-state index contributed by atoms with van der Waals surface area (Å²) in [6.07, 6.45) is 7.01. The van der Waals surface area contributed by atoms with Crippen molar-refractivity contribution >= 4 is 11.7 Å². The quantitative estimate of drug-likeness (QED) is 0.827. The standard InChI is InChI=1S/C20H26N4O2/c1-24(13-10-17-8-2-4-11-21-17)19-16(7-6-12-22-19)15-23-20(25)18-9-3-5-14-26-18/h2,4,6-8,11-12,18H,3,5,9-10,13-15H2,1H3,(H,23,25). The third-order valence-electron chi connectivity index (χ3n) is 4.58. The summed E-state index contributed by atoms with van der Waals surface area (Å²) in [5, 5.41) is 2.99. The SMILES string of the molecule is CN(CCc1ccccn1)c1ncccc1CNC(=O)C1CCCCO1. The summed E-state index contributed by atoms with van der Waals surface area (Å²) < 4.78 is 5.55. The molecule has 138 valence electrons. The molecule has 0 aliphatic carbocycles. The molecule has 6 heteroatoms. The Labute approximate surface area is 154 Å². The highest BCUT2D eigenvalue weighted by atomic mass is 16.5. The van der Waals surface area contributed by atoms with Gasteiger partial charge in [-0.25, -0.2) is 4.98 Å². The van der Waals surface area contributed by atoms with Crippen molar-refractivity contribution in [1.29, 1.82) is 0 Å². The molecule has 0 bridgehead atoms. The maximum absolute atomic E-state index is 12.3. The van der Waals surface area contributed by atoms with Crippen LogP contribution in [0, 0.1) is 0 Å². The normalized spacial score (nSPS) is 16.9. The molecule has 1 N–H and O–H groups in total. The summed E-state index contributed by atoms with van der Waals surface area (Å²) in [5.74, 6) is 0.851. The molecule has 1 aliphatic heterocycles. The first kappa shape index (κ1) is 18.3. The van der Waals surface area contributed by atoms with Crippen molar-refractivity contribution in [3.63, 3.8) is 0 Å². The topological polar surface area (TPSA) is 67.4 Å². The van der Waals surface area contributed by atoms with Crippen LogP contribution >= 0.6 is 0 Å². The van der Waals surface area contributed by atoms with E-state index in [-0.39, 0.29) is 12.0 Å². The number of carbonyl (C=O) groups excluding carboxylic acids is 1. The largest absolute Gasteiger partial charge is 0.368 e. The molecule has 0 spiro atoms. The second-order valence-electron chi connectivity index (χ2n) is 6.55. The van der Waals surface area contributed by atoms with Crippen molar-refractivity contribution in [2.24, 2.45) is 0 Å². The van der Waals surface area contributed by atoms with Gasteiger partial charge in [-0.3, -0.25) is 9.78 Å². The maximum Gasteiger partial charge on any atom is 0.249 e. The predicted octanol–water partition coefficient (Wildman–Crippen LogP) is 2.34. The number of amides is 1. The number of carbonyl (C=O) groups is 1. The molecule has 6 nitrogen and oxygen atoms in total. The Morgan fingerprint density at radius 3 is 2.88 bits per heavy atom. The molecule has 2 aromatic heterocycles. The fraction of sp³-hybridized carbons (Fsp3) is 0.450. The lowest BCUT2D eigenvalue weighted by Crippen LogP contribution is -2.38. The van der Waals surface area contributed by atoms with E-state index < -0.39 is 0 Å². The van der Waals surface area contributed by atoms with Gasteiger partial charge in [0.25, 0.3) is 0 Å². The molecule has 3 heterocycles. The lowest BCUT2D eigenvalue weighted by molar-refractivity contribution is -0.135. The molecule has 1 unspecified atom stereocenters. The van der Waals surface area contributed by atoms with Crippen LogP contribution in [0.2, 0.25) is 0 Å². The van der Waals surface area contributed by atoms with Crippen LogP contribution in [0.1, 0.15) is 30.5 Å². The van der Waals surface area contributed by atoms with Crippen LogP contribution in [0.5, 0.6) is 0 Å². The van der Waals surface area contributed by atoms with Crippen molar-refractivity contribution in [2.45, 2.75) is 38.3 Å². The molecule has 0 saturated carbocycles. The van der Waals surface area contributed by atoms with E-state index in [1.165, 1.54) is 0 Å². The minimum absolute atomic E-state index is 0.0318. The fourth-order valence-electron chi connectivity index (χ4n) is 3.09. The number of likely N-dealkylation sites (N-methyl/N-ethyl adjacent to an activating group) is 1. The molecule has 1 aliphatic rings. The van der Waals surface area contributed by atoms with E-state index in [0.717, 1.165) is 49.3 Å². The first-order valence-corrected chi connectivity index (χ1v) is 9.18. The van der Waals surface area contributed by atoms with E-state index in [1.54, 1.807) is 6.20 Å². The lowest BCUT2D eigenvalue weighted by Gasteiger charge is -2.23. The van der Waals surface area contributed by atoms with Gasteiger partial charge in [0.15, 0.2) is 0 Å². The molecule has 1 amide bonds. The smallest absolute Gasteiger partial charge is 0.249 e. The monoisotopic (exact) mass is 354 g/mol. The number of rotatable bonds is 7. The number of hydrogen-bond acceptors (Lipinski definition) is 5. The fourth-order valence-corrected chi connectivity index (χ4v) is 3.09. The third kappa shape index (κ3) is 5.02. The maximum atomic E-state index is 12.3. The second kappa shape index (κ2) is 9.29. The molecule has 2 aromatic rings. The Kier molecular flexibility index (Phi) is 6.55. The van der Waals surface area contributed by atoms with Crippen molar-refractivity contribution in [1.82, 2.24) is 15.3 Å². The van der Waals surface area contributed by atoms with Gasteiger partial charge in [0.05, 0.1) is 0 Å². The van der Waals surface area contributed by atoms with Crippen LogP contribution in [-0.4, -0.2) is 42.2 Å². The molecule has 3 rings (SSSR count). The van der Waals surface area contributed by atoms with Gasteiger partial charge in [0.1, 0.15) is 11.9 Å². The van der Waals surface area contributed by atoms with Crippen molar-refractivity contribution < 1.29 is 9.53 Å². The Morgan fingerprint density at radius 2 is 2.12 bits per heavy atom. The number of pyridine rings is 2. The van der Waals surface area contributed by atoms with Gasteiger partial charge in [-0.2, -0.15) is 0 Å². The average molecular weight is 354 g/mol. The van der Waals surface area contributed by atoms with E-state index in [4.69, 9.17) is 4.74 Å². The Balaban J connectivity index is 1.57. The summed E-state index contributed by atoms with van der Waals surface area (Å²) in [7, 11) is 2.01. The molecule has 0 radical (unpaired) electrons. The summed E-state index contributed by atoms with van der Waals surface area (Å²) in [6, 6.07) is 9.84.